The first-order valence-electron chi connectivity index (χ1n) is 11.8. The van der Waals surface area contributed by atoms with Crippen molar-refractivity contribution in [2.75, 3.05) is 25.6 Å². The molecule has 0 saturated carbocycles. The van der Waals surface area contributed by atoms with Crippen LogP contribution in [0.15, 0.2) is 87.1 Å². The molecule has 1 amide bonds. The van der Waals surface area contributed by atoms with Crippen LogP contribution in [0.1, 0.15) is 11.1 Å². The molecule has 38 heavy (non-hydrogen) atoms. The number of thioether (sulfide) groups is 2. The van der Waals surface area contributed by atoms with Gasteiger partial charge in [0.25, 0.3) is 11.6 Å². The third-order valence-corrected chi connectivity index (χ3v) is 9.12. The molecule has 190 valence electrons. The standard InChI is InChI=1S/C28H22N4O4S2/c1-4-11-31-26(33)25(27-30(2)23-15-20(36-3)7-10-24(23)37-27)38-28(31)29-18-5-8-21-16(13-18)12-17-14-19(32(34)35)6-9-22(17)21/h4-10,13-15H,1,11-12H2,2-3H3/b27-25-,29-28?. The lowest BCUT2D eigenvalue weighted by molar-refractivity contribution is -0.384. The molecule has 1 aliphatic carbocycles. The smallest absolute Gasteiger partial charge is 0.269 e. The van der Waals surface area contributed by atoms with E-state index in [1.165, 1.54) is 17.8 Å². The number of nitro groups is 1. The predicted octanol–water partition coefficient (Wildman–Crippen LogP) is 6.33. The fourth-order valence-electron chi connectivity index (χ4n) is 4.84. The van der Waals surface area contributed by atoms with Crippen molar-refractivity contribution in [1.29, 1.82) is 0 Å². The Labute approximate surface area is 227 Å². The van der Waals surface area contributed by atoms with Gasteiger partial charge in [-0.15, -0.1) is 6.58 Å². The Morgan fingerprint density at radius 1 is 1.11 bits per heavy atom. The van der Waals surface area contributed by atoms with Gasteiger partial charge in [0.2, 0.25) is 0 Å². The number of rotatable bonds is 5. The molecule has 3 aliphatic rings. The first-order chi connectivity index (χ1) is 18.4. The summed E-state index contributed by atoms with van der Waals surface area (Å²) in [7, 11) is 3.58. The van der Waals surface area contributed by atoms with Gasteiger partial charge in [-0.1, -0.05) is 23.9 Å². The number of fused-ring (bicyclic) bond motifs is 4. The van der Waals surface area contributed by atoms with Crippen molar-refractivity contribution < 1.29 is 14.5 Å². The van der Waals surface area contributed by atoms with E-state index < -0.39 is 0 Å². The summed E-state index contributed by atoms with van der Waals surface area (Å²) < 4.78 is 5.38. The van der Waals surface area contributed by atoms with Gasteiger partial charge in [0.05, 0.1) is 28.4 Å². The zero-order chi connectivity index (χ0) is 26.6. The second kappa shape index (κ2) is 9.38. The molecule has 3 aromatic rings. The topological polar surface area (TPSA) is 88.3 Å². The van der Waals surface area contributed by atoms with E-state index in [2.05, 4.69) is 6.58 Å². The van der Waals surface area contributed by atoms with E-state index >= 15 is 0 Å². The predicted molar refractivity (Wildman–Crippen MR) is 152 cm³/mol. The van der Waals surface area contributed by atoms with Crippen LogP contribution in [-0.2, 0) is 11.2 Å². The summed E-state index contributed by atoms with van der Waals surface area (Å²) in [6.45, 7) is 4.17. The molecular formula is C28H22N4O4S2. The van der Waals surface area contributed by atoms with E-state index in [0.717, 1.165) is 49.3 Å². The minimum atomic E-state index is -0.371. The van der Waals surface area contributed by atoms with Crippen LogP contribution < -0.4 is 9.64 Å². The van der Waals surface area contributed by atoms with Gasteiger partial charge in [-0.2, -0.15) is 0 Å². The molecule has 0 bridgehead atoms. The number of nitrogens with zero attached hydrogens (tertiary/aromatic N) is 4. The van der Waals surface area contributed by atoms with Crippen molar-refractivity contribution in [2.45, 2.75) is 11.3 Å². The Bertz CT molecular complexity index is 1610. The van der Waals surface area contributed by atoms with Crippen LogP contribution in [0.25, 0.3) is 11.1 Å². The fraction of sp³-hybridized carbons (Fsp3) is 0.143. The first-order valence-corrected chi connectivity index (χ1v) is 13.4. The Hall–Kier alpha value is -4.02. The number of carbonyl (C=O) groups excluding carboxylic acids is 1. The number of anilines is 1. The number of amidine groups is 1. The molecule has 1 saturated heterocycles. The third-order valence-electron chi connectivity index (χ3n) is 6.69. The van der Waals surface area contributed by atoms with Crippen LogP contribution in [-0.4, -0.2) is 41.6 Å². The lowest BCUT2D eigenvalue weighted by Crippen LogP contribution is -2.29. The largest absolute Gasteiger partial charge is 0.497 e. The van der Waals surface area contributed by atoms with E-state index in [9.17, 15) is 14.9 Å². The van der Waals surface area contributed by atoms with Gasteiger partial charge in [0.1, 0.15) is 10.7 Å². The molecular weight excluding hydrogens is 520 g/mol. The van der Waals surface area contributed by atoms with Crippen LogP contribution in [0.4, 0.5) is 17.1 Å². The Morgan fingerprint density at radius 2 is 1.87 bits per heavy atom. The van der Waals surface area contributed by atoms with Crippen molar-refractivity contribution in [3.63, 3.8) is 0 Å². The minimum absolute atomic E-state index is 0.0915. The van der Waals surface area contributed by atoms with Gasteiger partial charge in [0.15, 0.2) is 5.17 Å². The second-order valence-corrected chi connectivity index (χ2v) is 11.0. The molecule has 0 N–H and O–H groups in total. The summed E-state index contributed by atoms with van der Waals surface area (Å²) in [5.41, 5.74) is 5.86. The van der Waals surface area contributed by atoms with E-state index in [-0.39, 0.29) is 16.5 Å². The maximum atomic E-state index is 13.5. The van der Waals surface area contributed by atoms with Crippen LogP contribution in [0.3, 0.4) is 0 Å². The number of amides is 1. The number of carbonyl (C=O) groups is 1. The summed E-state index contributed by atoms with van der Waals surface area (Å²) in [5.74, 6) is 0.653. The summed E-state index contributed by atoms with van der Waals surface area (Å²) in [6.07, 6.45) is 2.30. The average molecular weight is 543 g/mol. The summed E-state index contributed by atoms with van der Waals surface area (Å²) >= 11 is 2.92. The molecule has 3 aromatic carbocycles. The van der Waals surface area contributed by atoms with Gasteiger partial charge in [-0.05, 0) is 70.8 Å². The van der Waals surface area contributed by atoms with Gasteiger partial charge in [-0.25, -0.2) is 4.99 Å². The van der Waals surface area contributed by atoms with Crippen molar-refractivity contribution in [3.05, 3.63) is 98.4 Å². The number of ether oxygens (including phenoxy) is 1. The number of aliphatic imine (C=N–C) groups is 1. The highest BCUT2D eigenvalue weighted by molar-refractivity contribution is 8.19. The second-order valence-electron chi connectivity index (χ2n) is 8.95. The number of non-ortho nitro benzene ring substituents is 1. The van der Waals surface area contributed by atoms with Gasteiger partial charge >= 0.3 is 0 Å². The van der Waals surface area contributed by atoms with E-state index in [0.29, 0.717) is 23.0 Å². The Balaban J connectivity index is 1.33. The van der Waals surface area contributed by atoms with E-state index in [4.69, 9.17) is 9.73 Å². The summed E-state index contributed by atoms with van der Waals surface area (Å²) in [4.78, 5) is 34.6. The van der Waals surface area contributed by atoms with E-state index in [1.807, 2.05) is 54.4 Å². The maximum absolute atomic E-state index is 13.5. The summed E-state index contributed by atoms with van der Waals surface area (Å²) in [5, 5.41) is 12.6. The van der Waals surface area contributed by atoms with Crippen LogP contribution in [0.2, 0.25) is 0 Å². The summed E-state index contributed by atoms with van der Waals surface area (Å²) in [6, 6.07) is 16.8. The SMILES string of the molecule is C=CCN1C(=O)/C(=C2/Sc3ccc(OC)cc3N2C)SC1=Nc1ccc2c(c1)Cc1cc([N+](=O)[O-])ccc1-2. The highest BCUT2D eigenvalue weighted by Gasteiger charge is 2.39. The number of hydrogen-bond acceptors (Lipinski definition) is 8. The van der Waals surface area contributed by atoms with Crippen molar-refractivity contribution in [1.82, 2.24) is 4.90 Å². The number of benzene rings is 3. The molecule has 0 aromatic heterocycles. The third kappa shape index (κ3) is 3.97. The number of nitro benzene ring substituents is 1. The molecule has 2 aliphatic heterocycles. The zero-order valence-electron chi connectivity index (χ0n) is 20.6. The quantitative estimate of drug-likeness (QED) is 0.126. The number of methoxy groups -OCH3 is 1. The fourth-order valence-corrected chi connectivity index (χ4v) is 7.17. The molecule has 0 spiro atoms. The van der Waals surface area contributed by atoms with Crippen LogP contribution in [0.5, 0.6) is 5.75 Å². The Kier molecular flexibility index (Phi) is 6.00. The van der Waals surface area contributed by atoms with Gasteiger partial charge < -0.3 is 9.64 Å². The van der Waals surface area contributed by atoms with Crippen molar-refractivity contribution in [3.8, 4) is 16.9 Å². The van der Waals surface area contributed by atoms with Gasteiger partial charge in [0, 0.05) is 36.7 Å². The van der Waals surface area contributed by atoms with Crippen molar-refractivity contribution >= 4 is 51.7 Å². The monoisotopic (exact) mass is 542 g/mol. The highest BCUT2D eigenvalue weighted by atomic mass is 32.2. The lowest BCUT2D eigenvalue weighted by atomic mass is 10.1. The molecule has 0 atom stereocenters. The molecule has 8 nitrogen and oxygen atoms in total. The molecule has 2 heterocycles. The Morgan fingerprint density at radius 3 is 2.61 bits per heavy atom. The molecule has 6 rings (SSSR count). The minimum Gasteiger partial charge on any atom is -0.497 e. The molecule has 10 heteroatoms. The van der Waals surface area contributed by atoms with Gasteiger partial charge in [-0.3, -0.25) is 19.8 Å². The lowest BCUT2D eigenvalue weighted by Gasteiger charge is -2.15. The average Bonchev–Trinajstić information content (AvgIpc) is 3.54. The van der Waals surface area contributed by atoms with Crippen LogP contribution >= 0.6 is 23.5 Å². The molecule has 0 radical (unpaired) electrons. The highest BCUT2D eigenvalue weighted by Crippen LogP contribution is 2.51. The zero-order valence-corrected chi connectivity index (χ0v) is 22.3. The maximum Gasteiger partial charge on any atom is 0.269 e. The normalized spacial score (nSPS) is 18.6. The molecule has 0 unspecified atom stereocenters. The van der Waals surface area contributed by atoms with E-state index in [1.54, 1.807) is 35.9 Å². The molecule has 1 fully saturated rings. The van der Waals surface area contributed by atoms with Crippen molar-refractivity contribution in [2.24, 2.45) is 4.99 Å². The first kappa shape index (κ1) is 24.3. The number of hydrogen-bond donors (Lipinski definition) is 0. The van der Waals surface area contributed by atoms with Crippen LogP contribution in [0, 0.1) is 10.1 Å².